The highest BCUT2D eigenvalue weighted by Gasteiger charge is 2.31. The predicted molar refractivity (Wildman–Crippen MR) is 107 cm³/mol. The number of halogens is 3. The third-order valence-electron chi connectivity index (χ3n) is 4.92. The summed E-state index contributed by atoms with van der Waals surface area (Å²) in [5.74, 6) is 0.561. The number of carbonyl (C=O) groups is 1. The Kier molecular flexibility index (Phi) is 6.15. The number of hydrogen-bond acceptors (Lipinski definition) is 3. The van der Waals surface area contributed by atoms with E-state index in [0.717, 1.165) is 23.3 Å². The van der Waals surface area contributed by atoms with Gasteiger partial charge in [0.2, 0.25) is 5.91 Å². The van der Waals surface area contributed by atoms with Gasteiger partial charge in [-0.25, -0.2) is 0 Å². The highest BCUT2D eigenvalue weighted by Crippen LogP contribution is 2.32. The van der Waals surface area contributed by atoms with E-state index in [1.165, 1.54) is 12.1 Å². The molecule has 2 aromatic carbocycles. The van der Waals surface area contributed by atoms with E-state index in [0.29, 0.717) is 37.6 Å². The van der Waals surface area contributed by atoms with Gasteiger partial charge in [-0.15, -0.1) is 0 Å². The molecule has 0 unspecified atom stereocenters. The standard InChI is InChI=1S/C22H23F3N2O2/c1-16-6-8-20(29-2)17(14-16)7-9-21(28)27-12-10-26(11-13-27)19-5-3-4-18(15-19)22(23,24)25/h3-9,14-15H,10-13H2,1-2H3/b9-7+. The van der Waals surface area contributed by atoms with E-state index in [4.69, 9.17) is 4.74 Å². The number of carbonyl (C=O) groups excluding carboxylic acids is 1. The summed E-state index contributed by atoms with van der Waals surface area (Å²) in [5.41, 5.74) is 1.74. The van der Waals surface area contributed by atoms with Gasteiger partial charge in [0.25, 0.3) is 0 Å². The summed E-state index contributed by atoms with van der Waals surface area (Å²) in [6, 6.07) is 11.0. The molecule has 0 N–H and O–H groups in total. The van der Waals surface area contributed by atoms with Crippen LogP contribution in [0.4, 0.5) is 18.9 Å². The van der Waals surface area contributed by atoms with Crippen LogP contribution in [0.2, 0.25) is 0 Å². The molecule has 3 rings (SSSR count). The molecule has 29 heavy (non-hydrogen) atoms. The highest BCUT2D eigenvalue weighted by molar-refractivity contribution is 5.92. The maximum absolute atomic E-state index is 12.9. The van der Waals surface area contributed by atoms with E-state index in [1.807, 2.05) is 30.0 Å². The first-order chi connectivity index (χ1) is 13.8. The fourth-order valence-electron chi connectivity index (χ4n) is 3.31. The van der Waals surface area contributed by atoms with Crippen molar-refractivity contribution in [1.29, 1.82) is 0 Å². The van der Waals surface area contributed by atoms with Crippen LogP contribution < -0.4 is 9.64 Å². The number of aryl methyl sites for hydroxylation is 1. The van der Waals surface area contributed by atoms with Crippen LogP contribution in [0.3, 0.4) is 0 Å². The molecule has 0 spiro atoms. The van der Waals surface area contributed by atoms with Crippen LogP contribution in [0.15, 0.2) is 48.5 Å². The Morgan fingerprint density at radius 3 is 2.45 bits per heavy atom. The van der Waals surface area contributed by atoms with Crippen molar-refractivity contribution in [3.63, 3.8) is 0 Å². The van der Waals surface area contributed by atoms with Crippen molar-refractivity contribution >= 4 is 17.7 Å². The number of alkyl halides is 3. The summed E-state index contributed by atoms with van der Waals surface area (Å²) in [7, 11) is 1.58. The topological polar surface area (TPSA) is 32.8 Å². The molecule has 4 nitrogen and oxygen atoms in total. The smallest absolute Gasteiger partial charge is 0.416 e. The van der Waals surface area contributed by atoms with Crippen molar-refractivity contribution in [1.82, 2.24) is 4.90 Å². The number of methoxy groups -OCH3 is 1. The van der Waals surface area contributed by atoms with Crippen LogP contribution in [-0.4, -0.2) is 44.1 Å². The zero-order valence-electron chi connectivity index (χ0n) is 16.4. The second-order valence-electron chi connectivity index (χ2n) is 6.94. The van der Waals surface area contributed by atoms with Crippen LogP contribution in [0.25, 0.3) is 6.08 Å². The molecule has 0 aromatic heterocycles. The number of benzene rings is 2. The van der Waals surface area contributed by atoms with Gasteiger partial charge in [0.15, 0.2) is 0 Å². The molecule has 0 atom stereocenters. The second-order valence-corrected chi connectivity index (χ2v) is 6.94. The van der Waals surface area contributed by atoms with E-state index in [1.54, 1.807) is 24.2 Å². The number of rotatable bonds is 4. The fraction of sp³-hybridized carbons (Fsp3) is 0.318. The van der Waals surface area contributed by atoms with E-state index in [2.05, 4.69) is 0 Å². The van der Waals surface area contributed by atoms with Gasteiger partial charge in [0, 0.05) is 43.5 Å². The van der Waals surface area contributed by atoms with Crippen molar-refractivity contribution in [3.8, 4) is 5.75 Å². The number of piperazine rings is 1. The molecule has 1 amide bonds. The van der Waals surface area contributed by atoms with Crippen molar-refractivity contribution in [2.45, 2.75) is 13.1 Å². The minimum absolute atomic E-state index is 0.128. The third kappa shape index (κ3) is 5.10. The van der Waals surface area contributed by atoms with Gasteiger partial charge in [-0.3, -0.25) is 4.79 Å². The molecule has 1 heterocycles. The van der Waals surface area contributed by atoms with Gasteiger partial charge < -0.3 is 14.5 Å². The third-order valence-corrected chi connectivity index (χ3v) is 4.92. The maximum Gasteiger partial charge on any atom is 0.416 e. The molecule has 0 saturated carbocycles. The molecule has 1 saturated heterocycles. The monoisotopic (exact) mass is 404 g/mol. The number of hydrogen-bond donors (Lipinski definition) is 0. The summed E-state index contributed by atoms with van der Waals surface area (Å²) < 4.78 is 44.1. The minimum Gasteiger partial charge on any atom is -0.496 e. The zero-order chi connectivity index (χ0) is 21.0. The predicted octanol–water partition coefficient (Wildman–Crippen LogP) is 4.38. The van der Waals surface area contributed by atoms with Crippen molar-refractivity contribution < 1.29 is 22.7 Å². The van der Waals surface area contributed by atoms with Crippen molar-refractivity contribution in [2.75, 3.05) is 38.2 Å². The van der Waals surface area contributed by atoms with Crippen LogP contribution in [0.5, 0.6) is 5.75 Å². The Balaban J connectivity index is 1.62. The normalized spacial score (nSPS) is 15.1. The van der Waals surface area contributed by atoms with Gasteiger partial charge in [-0.05, 0) is 43.3 Å². The second kappa shape index (κ2) is 8.59. The summed E-state index contributed by atoms with van der Waals surface area (Å²) in [4.78, 5) is 16.1. The van der Waals surface area contributed by atoms with E-state index in [9.17, 15) is 18.0 Å². The first-order valence-electron chi connectivity index (χ1n) is 9.32. The van der Waals surface area contributed by atoms with E-state index < -0.39 is 11.7 Å². The molecule has 0 bridgehead atoms. The average Bonchev–Trinajstić information content (AvgIpc) is 2.71. The Hall–Kier alpha value is -2.96. The fourth-order valence-corrected chi connectivity index (χ4v) is 3.31. The van der Waals surface area contributed by atoms with E-state index in [-0.39, 0.29) is 5.91 Å². The highest BCUT2D eigenvalue weighted by atomic mass is 19.4. The largest absolute Gasteiger partial charge is 0.496 e. The molecule has 1 aliphatic heterocycles. The molecule has 7 heteroatoms. The van der Waals surface area contributed by atoms with Gasteiger partial charge in [-0.2, -0.15) is 13.2 Å². The quantitative estimate of drug-likeness (QED) is 0.709. The van der Waals surface area contributed by atoms with Crippen LogP contribution in [0.1, 0.15) is 16.7 Å². The maximum atomic E-state index is 12.9. The number of amides is 1. The first kappa shape index (κ1) is 20.8. The Morgan fingerprint density at radius 1 is 1.07 bits per heavy atom. The van der Waals surface area contributed by atoms with Gasteiger partial charge >= 0.3 is 6.18 Å². The SMILES string of the molecule is COc1ccc(C)cc1/C=C/C(=O)N1CCN(c2cccc(C(F)(F)F)c2)CC1. The lowest BCUT2D eigenvalue weighted by Gasteiger charge is -2.36. The van der Waals surface area contributed by atoms with Gasteiger partial charge in [0.1, 0.15) is 5.75 Å². The lowest BCUT2D eigenvalue weighted by molar-refractivity contribution is -0.137. The summed E-state index contributed by atoms with van der Waals surface area (Å²) in [6.07, 6.45) is -1.12. The zero-order valence-corrected chi connectivity index (χ0v) is 16.4. The minimum atomic E-state index is -4.37. The van der Waals surface area contributed by atoms with Gasteiger partial charge in [-0.1, -0.05) is 17.7 Å². The number of anilines is 1. The lowest BCUT2D eigenvalue weighted by Crippen LogP contribution is -2.48. The summed E-state index contributed by atoms with van der Waals surface area (Å²) in [5, 5.41) is 0. The number of nitrogens with zero attached hydrogens (tertiary/aromatic N) is 2. The molecule has 0 aliphatic carbocycles. The average molecular weight is 404 g/mol. The number of ether oxygens (including phenoxy) is 1. The molecule has 1 aliphatic rings. The molecular formula is C22H23F3N2O2. The lowest BCUT2D eigenvalue weighted by atomic mass is 10.1. The summed E-state index contributed by atoms with van der Waals surface area (Å²) in [6.45, 7) is 3.82. The first-order valence-corrected chi connectivity index (χ1v) is 9.32. The Labute approximate surface area is 168 Å². The van der Waals surface area contributed by atoms with Crippen molar-refractivity contribution in [3.05, 3.63) is 65.2 Å². The Bertz CT molecular complexity index is 901. The summed E-state index contributed by atoms with van der Waals surface area (Å²) >= 11 is 0. The van der Waals surface area contributed by atoms with Crippen LogP contribution >= 0.6 is 0 Å². The molecule has 2 aromatic rings. The molecule has 0 radical (unpaired) electrons. The van der Waals surface area contributed by atoms with Crippen molar-refractivity contribution in [2.24, 2.45) is 0 Å². The van der Waals surface area contributed by atoms with Crippen LogP contribution in [-0.2, 0) is 11.0 Å². The molecule has 154 valence electrons. The van der Waals surface area contributed by atoms with E-state index >= 15 is 0 Å². The Morgan fingerprint density at radius 2 is 1.79 bits per heavy atom. The molecular weight excluding hydrogens is 381 g/mol. The van der Waals surface area contributed by atoms with Gasteiger partial charge in [0.05, 0.1) is 12.7 Å². The van der Waals surface area contributed by atoms with Crippen LogP contribution in [0, 0.1) is 6.92 Å². The molecule has 1 fully saturated rings.